The van der Waals surface area contributed by atoms with Crippen LogP contribution in [-0.2, 0) is 17.8 Å². The van der Waals surface area contributed by atoms with E-state index < -0.39 is 0 Å². The summed E-state index contributed by atoms with van der Waals surface area (Å²) in [7, 11) is 0. The van der Waals surface area contributed by atoms with Crippen molar-refractivity contribution in [3.05, 3.63) is 53.4 Å². The van der Waals surface area contributed by atoms with Gasteiger partial charge < -0.3 is 9.88 Å². The molecule has 1 atom stereocenters. The Morgan fingerprint density at radius 2 is 2.07 bits per heavy atom. The number of carbonyl (C=O) groups excluding carboxylic acids is 1. The van der Waals surface area contributed by atoms with Crippen molar-refractivity contribution in [3.8, 4) is 0 Å². The van der Waals surface area contributed by atoms with Crippen molar-refractivity contribution in [2.75, 3.05) is 6.54 Å². The number of hydrogen-bond acceptors (Lipinski definition) is 4. The molecule has 6 heteroatoms. The van der Waals surface area contributed by atoms with Crippen LogP contribution < -0.4 is 5.32 Å². The molecule has 0 radical (unpaired) electrons. The normalized spacial score (nSPS) is 15.1. The number of amides is 1. The Labute approximate surface area is 172 Å². The van der Waals surface area contributed by atoms with Crippen molar-refractivity contribution >= 4 is 17.7 Å². The predicted octanol–water partition coefficient (Wildman–Crippen LogP) is 4.38. The molecule has 2 aromatic rings. The van der Waals surface area contributed by atoms with Crippen LogP contribution in [0.3, 0.4) is 0 Å². The Bertz CT molecular complexity index is 800. The van der Waals surface area contributed by atoms with Crippen LogP contribution in [0.1, 0.15) is 57.3 Å². The topological polar surface area (TPSA) is 59.8 Å². The number of benzene rings is 1. The van der Waals surface area contributed by atoms with Crippen LogP contribution in [0.25, 0.3) is 0 Å². The molecule has 1 aromatic heterocycles. The highest BCUT2D eigenvalue weighted by Crippen LogP contribution is 2.24. The molecule has 1 aliphatic carbocycles. The van der Waals surface area contributed by atoms with E-state index >= 15 is 0 Å². The highest BCUT2D eigenvalue weighted by Gasteiger charge is 2.19. The monoisotopic (exact) mass is 398 g/mol. The number of rotatable bonds is 9. The maximum atomic E-state index is 12.5. The number of nitrogens with one attached hydrogen (secondary N) is 1. The molecule has 1 aliphatic rings. The van der Waals surface area contributed by atoms with Crippen molar-refractivity contribution in [2.24, 2.45) is 0 Å². The van der Waals surface area contributed by atoms with E-state index in [2.05, 4.69) is 45.2 Å². The van der Waals surface area contributed by atoms with Gasteiger partial charge in [0.2, 0.25) is 5.91 Å². The first-order valence-corrected chi connectivity index (χ1v) is 11.1. The van der Waals surface area contributed by atoms with Crippen LogP contribution in [0.15, 0.2) is 47.1 Å². The third kappa shape index (κ3) is 5.71. The summed E-state index contributed by atoms with van der Waals surface area (Å²) in [5, 5.41) is 12.4. The van der Waals surface area contributed by atoms with E-state index in [0.29, 0.717) is 0 Å². The summed E-state index contributed by atoms with van der Waals surface area (Å²) < 4.78 is 2.11. The Balaban J connectivity index is 1.53. The Morgan fingerprint density at radius 1 is 1.25 bits per heavy atom. The quantitative estimate of drug-likeness (QED) is 0.503. The Hall–Kier alpha value is -2.08. The van der Waals surface area contributed by atoms with Gasteiger partial charge in [0.05, 0.1) is 5.25 Å². The first kappa shape index (κ1) is 20.6. The van der Waals surface area contributed by atoms with Gasteiger partial charge >= 0.3 is 0 Å². The third-order valence-corrected chi connectivity index (χ3v) is 6.18. The van der Waals surface area contributed by atoms with Crippen LogP contribution in [0.5, 0.6) is 0 Å². The number of thioether (sulfide) groups is 1. The first-order valence-electron chi connectivity index (χ1n) is 10.3. The van der Waals surface area contributed by atoms with Crippen LogP contribution >= 0.6 is 11.8 Å². The van der Waals surface area contributed by atoms with Crippen molar-refractivity contribution in [1.82, 2.24) is 20.1 Å². The van der Waals surface area contributed by atoms with E-state index in [-0.39, 0.29) is 11.2 Å². The van der Waals surface area contributed by atoms with Gasteiger partial charge in [0.25, 0.3) is 0 Å². The van der Waals surface area contributed by atoms with Gasteiger partial charge in [-0.05, 0) is 51.5 Å². The van der Waals surface area contributed by atoms with Crippen molar-refractivity contribution in [1.29, 1.82) is 0 Å². The van der Waals surface area contributed by atoms with E-state index in [4.69, 9.17) is 0 Å². The minimum atomic E-state index is -0.195. The lowest BCUT2D eigenvalue weighted by Gasteiger charge is -2.15. The third-order valence-electron chi connectivity index (χ3n) is 5.10. The van der Waals surface area contributed by atoms with Crippen LogP contribution in [0, 0.1) is 0 Å². The molecule has 0 aliphatic heterocycles. The molecule has 1 aromatic carbocycles. The fourth-order valence-corrected chi connectivity index (χ4v) is 4.42. The van der Waals surface area contributed by atoms with Gasteiger partial charge in [-0.15, -0.1) is 10.2 Å². The molecule has 1 heterocycles. The van der Waals surface area contributed by atoms with Gasteiger partial charge in [0.15, 0.2) is 5.16 Å². The fraction of sp³-hybridized carbons (Fsp3) is 0.500. The molecule has 0 saturated carbocycles. The van der Waals surface area contributed by atoms with Crippen molar-refractivity contribution in [3.63, 3.8) is 0 Å². The van der Waals surface area contributed by atoms with E-state index in [1.807, 2.05) is 25.1 Å². The lowest BCUT2D eigenvalue weighted by Crippen LogP contribution is -2.32. The second-order valence-corrected chi connectivity index (χ2v) is 8.52. The lowest BCUT2D eigenvalue weighted by atomic mass is 9.97. The Morgan fingerprint density at radius 3 is 2.79 bits per heavy atom. The van der Waals surface area contributed by atoms with Gasteiger partial charge in [-0.25, -0.2) is 0 Å². The molecule has 0 bridgehead atoms. The maximum Gasteiger partial charge on any atom is 0.233 e. The average molecular weight is 399 g/mol. The summed E-state index contributed by atoms with van der Waals surface area (Å²) >= 11 is 1.48. The number of hydrogen-bond donors (Lipinski definition) is 1. The average Bonchev–Trinajstić information content (AvgIpc) is 3.10. The highest BCUT2D eigenvalue weighted by molar-refractivity contribution is 8.00. The van der Waals surface area contributed by atoms with E-state index in [0.717, 1.165) is 36.9 Å². The fourth-order valence-electron chi connectivity index (χ4n) is 3.47. The predicted molar refractivity (Wildman–Crippen MR) is 114 cm³/mol. The minimum absolute atomic E-state index is 0.0664. The zero-order valence-electron chi connectivity index (χ0n) is 16.9. The largest absolute Gasteiger partial charge is 0.355 e. The molecule has 1 N–H and O–H groups in total. The summed E-state index contributed by atoms with van der Waals surface area (Å²) in [5.74, 6) is 1.00. The van der Waals surface area contributed by atoms with Crippen molar-refractivity contribution in [2.45, 2.75) is 69.3 Å². The SMILES string of the molecule is CCn1c(Cc2ccccc2)nnc1SC(C)C(=O)NCCC1=CCCCC1. The molecule has 1 amide bonds. The number of carbonyl (C=O) groups is 1. The molecule has 0 saturated heterocycles. The summed E-state index contributed by atoms with van der Waals surface area (Å²) in [6, 6.07) is 10.3. The van der Waals surface area contributed by atoms with Gasteiger partial charge in [-0.1, -0.05) is 53.7 Å². The first-order chi connectivity index (χ1) is 13.7. The number of nitrogens with zero attached hydrogens (tertiary/aromatic N) is 3. The summed E-state index contributed by atoms with van der Waals surface area (Å²) in [5.41, 5.74) is 2.70. The number of allylic oxidation sites excluding steroid dienone is 1. The lowest BCUT2D eigenvalue weighted by molar-refractivity contribution is -0.120. The summed E-state index contributed by atoms with van der Waals surface area (Å²) in [4.78, 5) is 12.5. The maximum absolute atomic E-state index is 12.5. The number of aromatic nitrogens is 3. The molecule has 3 rings (SSSR count). The highest BCUT2D eigenvalue weighted by atomic mass is 32.2. The Kier molecular flexibility index (Phi) is 7.71. The van der Waals surface area contributed by atoms with Gasteiger partial charge in [0, 0.05) is 19.5 Å². The molecule has 28 heavy (non-hydrogen) atoms. The van der Waals surface area contributed by atoms with E-state index in [1.54, 1.807) is 0 Å². The zero-order valence-corrected chi connectivity index (χ0v) is 17.7. The van der Waals surface area contributed by atoms with Crippen LogP contribution in [0.4, 0.5) is 0 Å². The smallest absolute Gasteiger partial charge is 0.233 e. The molecule has 0 spiro atoms. The van der Waals surface area contributed by atoms with Gasteiger partial charge in [-0.2, -0.15) is 0 Å². The molecule has 1 unspecified atom stereocenters. The van der Waals surface area contributed by atoms with Crippen LogP contribution in [0.2, 0.25) is 0 Å². The molecular weight excluding hydrogens is 368 g/mol. The second-order valence-electron chi connectivity index (χ2n) is 7.21. The minimum Gasteiger partial charge on any atom is -0.355 e. The van der Waals surface area contributed by atoms with Crippen LogP contribution in [-0.4, -0.2) is 32.5 Å². The summed E-state index contributed by atoms with van der Waals surface area (Å²) in [6.07, 6.45) is 9.01. The standard InChI is InChI=1S/C22H30N4OS/c1-3-26-20(16-19-12-8-5-9-13-19)24-25-22(26)28-17(2)21(27)23-15-14-18-10-6-4-7-11-18/h5,8-10,12-13,17H,3-4,6-7,11,14-16H2,1-2H3,(H,23,27). The van der Waals surface area contributed by atoms with Crippen molar-refractivity contribution < 1.29 is 4.79 Å². The second kappa shape index (κ2) is 10.5. The summed E-state index contributed by atoms with van der Waals surface area (Å²) in [6.45, 7) is 5.53. The van der Waals surface area contributed by atoms with E-state index in [9.17, 15) is 4.79 Å². The molecule has 5 nitrogen and oxygen atoms in total. The van der Waals surface area contributed by atoms with E-state index in [1.165, 1.54) is 48.6 Å². The molecule has 0 fully saturated rings. The van der Waals surface area contributed by atoms with Gasteiger partial charge in [0.1, 0.15) is 5.82 Å². The zero-order chi connectivity index (χ0) is 19.8. The van der Waals surface area contributed by atoms with Gasteiger partial charge in [-0.3, -0.25) is 4.79 Å². The molecule has 150 valence electrons. The molecular formula is C22H30N4OS.